The van der Waals surface area contributed by atoms with E-state index in [0.29, 0.717) is 0 Å². The van der Waals surface area contributed by atoms with Gasteiger partial charge in [0, 0.05) is 37.5 Å². The van der Waals surface area contributed by atoms with Crippen LogP contribution in [0.3, 0.4) is 0 Å². The highest BCUT2D eigenvalue weighted by molar-refractivity contribution is 5.80. The van der Waals surface area contributed by atoms with Crippen molar-refractivity contribution in [1.29, 1.82) is 0 Å². The van der Waals surface area contributed by atoms with Gasteiger partial charge in [-0.1, -0.05) is 48.5 Å². The van der Waals surface area contributed by atoms with Gasteiger partial charge in [-0.15, -0.1) is 0 Å². The molecule has 0 saturated carbocycles. The Morgan fingerprint density at radius 1 is 0.914 bits per heavy atom. The topological polar surface area (TPSA) is 96.4 Å². The Bertz CT molecular complexity index is 1130. The second-order valence-electron chi connectivity index (χ2n) is 10.8. The van der Waals surface area contributed by atoms with Crippen molar-refractivity contribution in [1.82, 2.24) is 9.80 Å². The zero-order valence-corrected chi connectivity index (χ0v) is 20.2. The Morgan fingerprint density at radius 2 is 1.46 bits per heavy atom. The Hall–Kier alpha value is -3.55. The first-order valence-electron chi connectivity index (χ1n) is 11.9. The number of amides is 2. The summed E-state index contributed by atoms with van der Waals surface area (Å²) in [5.41, 5.74) is 3.23. The molecule has 1 atom stereocenters. The van der Waals surface area contributed by atoms with E-state index < -0.39 is 35.1 Å². The highest BCUT2D eigenvalue weighted by Gasteiger charge is 2.60. The van der Waals surface area contributed by atoms with Crippen molar-refractivity contribution < 1.29 is 29.0 Å². The molecule has 2 aromatic rings. The summed E-state index contributed by atoms with van der Waals surface area (Å²) in [5, 5.41) is 9.79. The highest BCUT2D eigenvalue weighted by atomic mass is 16.6. The zero-order valence-electron chi connectivity index (χ0n) is 20.2. The highest BCUT2D eigenvalue weighted by Crippen LogP contribution is 2.46. The van der Waals surface area contributed by atoms with Gasteiger partial charge < -0.3 is 24.4 Å². The van der Waals surface area contributed by atoms with E-state index in [1.807, 2.05) is 24.3 Å². The lowest BCUT2D eigenvalue weighted by Crippen LogP contribution is -2.63. The lowest BCUT2D eigenvalue weighted by atomic mass is 9.72. The third-order valence-electron chi connectivity index (χ3n) is 7.20. The first-order chi connectivity index (χ1) is 16.6. The molecule has 2 aliphatic heterocycles. The number of aliphatic carboxylic acids is 1. The van der Waals surface area contributed by atoms with Crippen molar-refractivity contribution in [3.63, 3.8) is 0 Å². The van der Waals surface area contributed by atoms with E-state index in [-0.39, 0.29) is 38.7 Å². The largest absolute Gasteiger partial charge is 0.481 e. The molecule has 5 rings (SSSR count). The minimum atomic E-state index is -0.969. The van der Waals surface area contributed by atoms with Crippen LogP contribution in [0.2, 0.25) is 0 Å². The van der Waals surface area contributed by atoms with Gasteiger partial charge in [0.1, 0.15) is 12.2 Å². The van der Waals surface area contributed by atoms with Crippen LogP contribution in [-0.4, -0.2) is 71.4 Å². The fourth-order valence-electron chi connectivity index (χ4n) is 5.62. The molecular weight excluding hydrogens is 448 g/mol. The lowest BCUT2D eigenvalue weighted by molar-refractivity contribution is -0.149. The van der Waals surface area contributed by atoms with Crippen LogP contribution >= 0.6 is 0 Å². The van der Waals surface area contributed by atoms with Crippen molar-refractivity contribution in [3.05, 3.63) is 59.7 Å². The monoisotopic (exact) mass is 478 g/mol. The molecule has 35 heavy (non-hydrogen) atoms. The van der Waals surface area contributed by atoms with Crippen LogP contribution in [0.4, 0.5) is 9.59 Å². The molecule has 0 radical (unpaired) electrons. The normalized spacial score (nSPS) is 20.3. The van der Waals surface area contributed by atoms with E-state index in [9.17, 15) is 19.5 Å². The molecule has 8 nitrogen and oxygen atoms in total. The fraction of sp³-hybridized carbons (Fsp3) is 0.444. The number of ether oxygens (including phenoxy) is 2. The number of carbonyl (C=O) groups is 3. The third kappa shape index (κ3) is 4.11. The summed E-state index contributed by atoms with van der Waals surface area (Å²) in [4.78, 5) is 40.3. The predicted octanol–water partition coefficient (Wildman–Crippen LogP) is 4.19. The summed E-state index contributed by atoms with van der Waals surface area (Å²) < 4.78 is 11.1. The lowest BCUT2D eigenvalue weighted by Gasteiger charge is -2.48. The van der Waals surface area contributed by atoms with Gasteiger partial charge in [-0.25, -0.2) is 9.59 Å². The van der Waals surface area contributed by atoms with Crippen molar-refractivity contribution in [2.45, 2.75) is 32.3 Å². The number of carboxylic acid groups (broad SMARTS) is 1. The molecule has 1 spiro atoms. The van der Waals surface area contributed by atoms with Crippen molar-refractivity contribution >= 4 is 18.2 Å². The Morgan fingerprint density at radius 3 is 2.00 bits per heavy atom. The molecule has 1 aliphatic carbocycles. The quantitative estimate of drug-likeness (QED) is 0.711. The second-order valence-corrected chi connectivity index (χ2v) is 10.8. The Balaban J connectivity index is 1.23. The average Bonchev–Trinajstić information content (AvgIpc) is 3.33. The zero-order chi connectivity index (χ0) is 25.0. The van der Waals surface area contributed by atoms with Crippen LogP contribution in [0.25, 0.3) is 11.1 Å². The number of benzene rings is 2. The van der Waals surface area contributed by atoms with Gasteiger partial charge in [0.2, 0.25) is 0 Å². The SMILES string of the molecule is CC(C)(C)OC(=O)N1CC(C(=O)O)C2(CN(C(=O)OCC3c4ccccc4-c4ccccc43)C2)C1. The number of fused-ring (bicyclic) bond motifs is 3. The maximum absolute atomic E-state index is 12.9. The number of carbonyl (C=O) groups excluding carboxylic acids is 2. The molecule has 1 N–H and O–H groups in total. The number of rotatable bonds is 3. The van der Waals surface area contributed by atoms with E-state index in [4.69, 9.17) is 9.47 Å². The predicted molar refractivity (Wildman–Crippen MR) is 128 cm³/mol. The van der Waals surface area contributed by atoms with Gasteiger partial charge in [0.15, 0.2) is 0 Å². The van der Waals surface area contributed by atoms with Gasteiger partial charge in [-0.2, -0.15) is 0 Å². The standard InChI is InChI=1S/C27H30N2O6/c1-26(2,3)35-25(33)28-12-22(23(30)31)27(14-28)15-29(16-27)24(32)34-13-21-19-10-6-4-8-17(19)18-9-5-7-11-20(18)21/h4-11,21-22H,12-16H2,1-3H3,(H,30,31). The first-order valence-corrected chi connectivity index (χ1v) is 11.9. The van der Waals surface area contributed by atoms with Gasteiger partial charge in [0.25, 0.3) is 0 Å². The number of carboxylic acids is 1. The number of hydrogen-bond acceptors (Lipinski definition) is 5. The molecule has 2 fully saturated rings. The van der Waals surface area contributed by atoms with Crippen molar-refractivity contribution in [2.75, 3.05) is 32.8 Å². The first kappa shape index (κ1) is 23.2. The molecular formula is C27H30N2O6. The molecule has 0 bridgehead atoms. The van der Waals surface area contributed by atoms with E-state index >= 15 is 0 Å². The summed E-state index contributed by atoms with van der Waals surface area (Å²) in [6.07, 6.45) is -0.988. The van der Waals surface area contributed by atoms with Crippen LogP contribution < -0.4 is 0 Å². The minimum absolute atomic E-state index is 0.0394. The van der Waals surface area contributed by atoms with Crippen LogP contribution in [0.5, 0.6) is 0 Å². The van der Waals surface area contributed by atoms with Crippen LogP contribution in [0, 0.1) is 11.3 Å². The molecule has 2 heterocycles. The van der Waals surface area contributed by atoms with E-state index in [2.05, 4.69) is 24.3 Å². The maximum atomic E-state index is 12.9. The summed E-state index contributed by atoms with van der Waals surface area (Å²) in [7, 11) is 0. The smallest absolute Gasteiger partial charge is 0.410 e. The molecule has 1 unspecified atom stereocenters. The molecule has 2 saturated heterocycles. The van der Waals surface area contributed by atoms with Gasteiger partial charge in [-0.3, -0.25) is 4.79 Å². The van der Waals surface area contributed by atoms with E-state index in [0.717, 1.165) is 22.3 Å². The number of hydrogen-bond donors (Lipinski definition) is 1. The summed E-state index contributed by atoms with van der Waals surface area (Å²) in [6, 6.07) is 16.3. The molecule has 184 valence electrons. The average molecular weight is 479 g/mol. The second kappa shape index (κ2) is 8.29. The molecule has 3 aliphatic rings. The van der Waals surface area contributed by atoms with Crippen molar-refractivity contribution in [3.8, 4) is 11.1 Å². The molecule has 2 aromatic carbocycles. The van der Waals surface area contributed by atoms with Gasteiger partial charge in [0.05, 0.1) is 5.92 Å². The summed E-state index contributed by atoms with van der Waals surface area (Å²) >= 11 is 0. The van der Waals surface area contributed by atoms with Crippen LogP contribution in [0.15, 0.2) is 48.5 Å². The van der Waals surface area contributed by atoms with E-state index in [1.54, 1.807) is 20.8 Å². The molecule has 8 heteroatoms. The van der Waals surface area contributed by atoms with Crippen molar-refractivity contribution in [2.24, 2.45) is 11.3 Å². The fourth-order valence-corrected chi connectivity index (χ4v) is 5.62. The maximum Gasteiger partial charge on any atom is 0.410 e. The van der Waals surface area contributed by atoms with Gasteiger partial charge >= 0.3 is 18.2 Å². The minimum Gasteiger partial charge on any atom is -0.481 e. The van der Waals surface area contributed by atoms with Crippen LogP contribution in [-0.2, 0) is 14.3 Å². The molecule has 0 aromatic heterocycles. The summed E-state index contributed by atoms with van der Waals surface area (Å²) in [6.45, 7) is 6.31. The van der Waals surface area contributed by atoms with Gasteiger partial charge in [-0.05, 0) is 43.0 Å². The van der Waals surface area contributed by atoms with E-state index in [1.165, 1.54) is 9.80 Å². The molecule has 2 amide bonds. The third-order valence-corrected chi connectivity index (χ3v) is 7.20. The Labute approximate surface area is 204 Å². The van der Waals surface area contributed by atoms with Crippen LogP contribution in [0.1, 0.15) is 37.8 Å². The Kier molecular flexibility index (Phi) is 5.49. The number of nitrogens with zero attached hydrogens (tertiary/aromatic N) is 2. The number of likely N-dealkylation sites (tertiary alicyclic amines) is 2. The summed E-state index contributed by atoms with van der Waals surface area (Å²) in [5.74, 6) is -1.77.